The molecule has 6 N–H and O–H groups in total. The van der Waals surface area contributed by atoms with Gasteiger partial charge in [-0.1, -0.05) is 0 Å². The number of ether oxygens (including phenoxy) is 1. The molecule has 0 amide bonds. The summed E-state index contributed by atoms with van der Waals surface area (Å²) in [6, 6.07) is 0. The molecule has 8 nitrogen and oxygen atoms in total. The van der Waals surface area contributed by atoms with Gasteiger partial charge in [-0.2, -0.15) is 0 Å². The van der Waals surface area contributed by atoms with Gasteiger partial charge in [0.15, 0.2) is 6.29 Å². The summed E-state index contributed by atoms with van der Waals surface area (Å²) in [6.45, 7) is -0.153. The molecule has 8 heteroatoms. The SMILES string of the molecule is O=C(O)O.OC1OC[C@@H](O)[C@@H](O)[C@@H]1O. The van der Waals surface area contributed by atoms with Gasteiger partial charge in [-0.05, 0) is 0 Å². The summed E-state index contributed by atoms with van der Waals surface area (Å²) in [5.74, 6) is 0. The molecule has 14 heavy (non-hydrogen) atoms. The molecule has 1 aliphatic heterocycles. The summed E-state index contributed by atoms with van der Waals surface area (Å²) in [7, 11) is 0. The van der Waals surface area contributed by atoms with Crippen molar-refractivity contribution in [3.63, 3.8) is 0 Å². The molecule has 0 aliphatic carbocycles. The fraction of sp³-hybridized carbons (Fsp3) is 0.833. The first-order valence-electron chi connectivity index (χ1n) is 3.62. The predicted octanol–water partition coefficient (Wildman–Crippen LogP) is -2.36. The van der Waals surface area contributed by atoms with Crippen molar-refractivity contribution in [1.82, 2.24) is 0 Å². The number of aliphatic hydroxyl groups is 4. The Morgan fingerprint density at radius 1 is 1.07 bits per heavy atom. The zero-order valence-corrected chi connectivity index (χ0v) is 7.02. The van der Waals surface area contributed by atoms with Crippen molar-refractivity contribution >= 4 is 6.16 Å². The van der Waals surface area contributed by atoms with Crippen LogP contribution >= 0.6 is 0 Å². The third-order valence-corrected chi connectivity index (χ3v) is 1.47. The van der Waals surface area contributed by atoms with Crippen molar-refractivity contribution in [2.24, 2.45) is 0 Å². The molecule has 0 radical (unpaired) electrons. The summed E-state index contributed by atoms with van der Waals surface area (Å²) in [5.41, 5.74) is 0. The monoisotopic (exact) mass is 212 g/mol. The molecule has 0 aromatic carbocycles. The van der Waals surface area contributed by atoms with E-state index in [0.29, 0.717) is 0 Å². The lowest BCUT2D eigenvalue weighted by Gasteiger charge is -2.31. The number of aliphatic hydroxyl groups excluding tert-OH is 4. The Morgan fingerprint density at radius 2 is 1.50 bits per heavy atom. The lowest BCUT2D eigenvalue weighted by atomic mass is 10.1. The third kappa shape index (κ3) is 4.35. The van der Waals surface area contributed by atoms with Crippen LogP contribution in [0.4, 0.5) is 4.79 Å². The maximum absolute atomic E-state index is 8.88. The summed E-state index contributed by atoms with van der Waals surface area (Å²) in [4.78, 5) is 8.56. The Kier molecular flexibility index (Phi) is 5.35. The van der Waals surface area contributed by atoms with E-state index in [0.717, 1.165) is 0 Å². The first-order valence-corrected chi connectivity index (χ1v) is 3.62. The van der Waals surface area contributed by atoms with E-state index in [2.05, 4.69) is 4.74 Å². The first-order chi connectivity index (χ1) is 6.36. The van der Waals surface area contributed by atoms with E-state index in [4.69, 9.17) is 35.4 Å². The summed E-state index contributed by atoms with van der Waals surface area (Å²) in [5, 5.41) is 49.2. The van der Waals surface area contributed by atoms with Gasteiger partial charge >= 0.3 is 6.16 Å². The van der Waals surface area contributed by atoms with Crippen LogP contribution in [0.2, 0.25) is 0 Å². The number of carbonyl (C=O) groups is 1. The van der Waals surface area contributed by atoms with Crippen LogP contribution in [0.1, 0.15) is 0 Å². The molecule has 84 valence electrons. The van der Waals surface area contributed by atoms with Gasteiger partial charge < -0.3 is 35.4 Å². The average Bonchev–Trinajstić information content (AvgIpc) is 2.07. The van der Waals surface area contributed by atoms with Gasteiger partial charge in [-0.25, -0.2) is 4.79 Å². The standard InChI is InChI=1S/C5H10O5.CH2O3/c6-2-1-10-5(9)4(8)3(2)7;2-1(3)4/h2-9H,1H2;(H2,2,3,4)/t2-,3-,4+,5?;/m1./s1. The molecule has 4 atom stereocenters. The van der Waals surface area contributed by atoms with Crippen molar-refractivity contribution in [2.75, 3.05) is 6.61 Å². The van der Waals surface area contributed by atoms with Crippen LogP contribution in [-0.4, -0.2) is 68.0 Å². The van der Waals surface area contributed by atoms with E-state index >= 15 is 0 Å². The van der Waals surface area contributed by atoms with Crippen LogP contribution < -0.4 is 0 Å². The second-order valence-electron chi connectivity index (χ2n) is 2.56. The Bertz CT molecular complexity index is 165. The Balaban J connectivity index is 0.000000364. The summed E-state index contributed by atoms with van der Waals surface area (Å²) < 4.78 is 4.47. The van der Waals surface area contributed by atoms with Gasteiger partial charge in [0.25, 0.3) is 0 Å². The molecular weight excluding hydrogens is 200 g/mol. The maximum atomic E-state index is 8.88. The van der Waals surface area contributed by atoms with Gasteiger partial charge in [-0.15, -0.1) is 0 Å². The van der Waals surface area contributed by atoms with Crippen molar-refractivity contribution in [1.29, 1.82) is 0 Å². The second-order valence-corrected chi connectivity index (χ2v) is 2.56. The fourth-order valence-electron chi connectivity index (χ4n) is 0.791. The molecule has 0 aromatic rings. The van der Waals surface area contributed by atoms with E-state index in [-0.39, 0.29) is 6.61 Å². The molecule has 1 saturated heterocycles. The van der Waals surface area contributed by atoms with Crippen molar-refractivity contribution in [2.45, 2.75) is 24.6 Å². The van der Waals surface area contributed by atoms with Gasteiger partial charge in [0.1, 0.15) is 18.3 Å². The topological polar surface area (TPSA) is 148 Å². The molecule has 1 fully saturated rings. The smallest absolute Gasteiger partial charge is 0.450 e. The van der Waals surface area contributed by atoms with E-state index in [1.807, 2.05) is 0 Å². The van der Waals surface area contributed by atoms with Gasteiger partial charge in [-0.3, -0.25) is 0 Å². The Morgan fingerprint density at radius 3 is 1.86 bits per heavy atom. The van der Waals surface area contributed by atoms with E-state index < -0.39 is 30.8 Å². The fourth-order valence-corrected chi connectivity index (χ4v) is 0.791. The largest absolute Gasteiger partial charge is 0.503 e. The highest BCUT2D eigenvalue weighted by molar-refractivity contribution is 5.53. The van der Waals surface area contributed by atoms with Crippen LogP contribution in [0.3, 0.4) is 0 Å². The zero-order valence-electron chi connectivity index (χ0n) is 7.02. The highest BCUT2D eigenvalue weighted by atomic mass is 16.6. The van der Waals surface area contributed by atoms with Crippen LogP contribution in [0.5, 0.6) is 0 Å². The third-order valence-electron chi connectivity index (χ3n) is 1.47. The quantitative estimate of drug-likeness (QED) is 0.261. The van der Waals surface area contributed by atoms with Gasteiger partial charge in [0.05, 0.1) is 6.61 Å². The van der Waals surface area contributed by atoms with E-state index in [9.17, 15) is 0 Å². The molecule has 0 saturated carbocycles. The minimum Gasteiger partial charge on any atom is -0.450 e. The summed E-state index contributed by atoms with van der Waals surface area (Å²) >= 11 is 0. The van der Waals surface area contributed by atoms with E-state index in [1.54, 1.807) is 0 Å². The molecule has 0 spiro atoms. The lowest BCUT2D eigenvalue weighted by Crippen LogP contribution is -2.52. The number of rotatable bonds is 0. The highest BCUT2D eigenvalue weighted by Crippen LogP contribution is 2.12. The van der Waals surface area contributed by atoms with Crippen LogP contribution in [0.15, 0.2) is 0 Å². The molecule has 1 rings (SSSR count). The van der Waals surface area contributed by atoms with Crippen LogP contribution in [0, 0.1) is 0 Å². The Labute approximate surface area is 78.6 Å². The number of hydrogen-bond acceptors (Lipinski definition) is 6. The number of carboxylic acid groups (broad SMARTS) is 2. The van der Waals surface area contributed by atoms with Gasteiger partial charge in [0, 0.05) is 0 Å². The normalized spacial score (nSPS) is 36.9. The van der Waals surface area contributed by atoms with Crippen molar-refractivity contribution in [3.8, 4) is 0 Å². The molecule has 1 heterocycles. The van der Waals surface area contributed by atoms with Crippen molar-refractivity contribution in [3.05, 3.63) is 0 Å². The molecule has 1 aliphatic rings. The first kappa shape index (κ1) is 13.1. The molecule has 1 unspecified atom stereocenters. The molecule has 0 bridgehead atoms. The zero-order chi connectivity index (χ0) is 11.3. The van der Waals surface area contributed by atoms with Crippen LogP contribution in [0.25, 0.3) is 0 Å². The predicted molar refractivity (Wildman–Crippen MR) is 40.6 cm³/mol. The average molecular weight is 212 g/mol. The second kappa shape index (κ2) is 5.73. The lowest BCUT2D eigenvalue weighted by molar-refractivity contribution is -0.252. The molecular formula is C6H12O8. The summed E-state index contributed by atoms with van der Waals surface area (Å²) in [6.07, 6.45) is -7.07. The van der Waals surface area contributed by atoms with Crippen molar-refractivity contribution < 1.29 is 40.2 Å². The van der Waals surface area contributed by atoms with Crippen LogP contribution in [-0.2, 0) is 4.74 Å². The van der Waals surface area contributed by atoms with E-state index in [1.165, 1.54) is 0 Å². The maximum Gasteiger partial charge on any atom is 0.503 e. The van der Waals surface area contributed by atoms with Gasteiger partial charge in [0.2, 0.25) is 0 Å². The molecule has 0 aromatic heterocycles. The highest BCUT2D eigenvalue weighted by Gasteiger charge is 2.36. The number of hydrogen-bond donors (Lipinski definition) is 6. The minimum absolute atomic E-state index is 0.153. The minimum atomic E-state index is -1.83. The Hall–Kier alpha value is -0.930.